The Kier molecular flexibility index (Phi) is 23.2. The highest BCUT2D eigenvalue weighted by molar-refractivity contribution is 5.90. The van der Waals surface area contributed by atoms with E-state index in [-0.39, 0.29) is 5.97 Å². The number of esters is 1. The predicted octanol–water partition coefficient (Wildman–Crippen LogP) is 7.24. The zero-order valence-electron chi connectivity index (χ0n) is 18.5. The number of ether oxygens (including phenoxy) is 1. The molecule has 0 atom stereocenters. The molecule has 0 heterocycles. The summed E-state index contributed by atoms with van der Waals surface area (Å²) in [6.07, 6.45) is 4.70. The number of nitrogens with one attached hydrogen (secondary N) is 1. The summed E-state index contributed by atoms with van der Waals surface area (Å²) in [5, 5.41) is 3.58. The molecule has 3 nitrogen and oxygen atoms in total. The molecule has 1 N–H and O–H groups in total. The molecule has 0 aliphatic carbocycles. The van der Waals surface area contributed by atoms with Crippen LogP contribution in [-0.2, 0) is 4.74 Å². The van der Waals surface area contributed by atoms with Crippen LogP contribution in [0.4, 0.5) is 5.69 Å². The third-order valence-corrected chi connectivity index (χ3v) is 3.28. The van der Waals surface area contributed by atoms with Crippen molar-refractivity contribution in [3.8, 4) is 0 Å². The van der Waals surface area contributed by atoms with Gasteiger partial charge in [-0.3, -0.25) is 0 Å². The number of methoxy groups -OCH3 is 1. The molecule has 0 unspecified atom stereocenters. The predicted molar refractivity (Wildman–Crippen MR) is 114 cm³/mol. The van der Waals surface area contributed by atoms with Gasteiger partial charge < -0.3 is 10.1 Å². The van der Waals surface area contributed by atoms with E-state index in [1.165, 1.54) is 32.8 Å². The molecule has 0 aliphatic heterocycles. The van der Waals surface area contributed by atoms with E-state index in [4.69, 9.17) is 4.74 Å². The van der Waals surface area contributed by atoms with Gasteiger partial charge in [0.25, 0.3) is 0 Å². The molecule has 0 amide bonds. The Morgan fingerprint density at radius 3 is 1.84 bits per heavy atom. The maximum atomic E-state index is 11.5. The quantitative estimate of drug-likeness (QED) is 0.525. The molecule has 148 valence electrons. The van der Waals surface area contributed by atoms with E-state index in [0.717, 1.165) is 11.3 Å². The van der Waals surface area contributed by atoms with Crippen molar-refractivity contribution in [2.45, 2.75) is 94.0 Å². The number of anilines is 1. The molecule has 0 aliphatic rings. The van der Waals surface area contributed by atoms with Crippen molar-refractivity contribution in [2.24, 2.45) is 0 Å². The van der Waals surface area contributed by atoms with Gasteiger partial charge in [0.2, 0.25) is 0 Å². The first-order valence-electron chi connectivity index (χ1n) is 10.1. The number of carbonyl (C=O) groups excluding carboxylic acids is 1. The Balaban J connectivity index is -0.000000725. The summed E-state index contributed by atoms with van der Waals surface area (Å²) in [7, 11) is 1.41. The van der Waals surface area contributed by atoms with E-state index < -0.39 is 0 Å². The topological polar surface area (TPSA) is 38.3 Å². The lowest BCUT2D eigenvalue weighted by molar-refractivity contribution is 0.0600. The van der Waals surface area contributed by atoms with Crippen molar-refractivity contribution in [1.29, 1.82) is 0 Å². The summed E-state index contributed by atoms with van der Waals surface area (Å²) in [6.45, 7) is 18.4. The Morgan fingerprint density at radius 2 is 1.48 bits per heavy atom. The van der Waals surface area contributed by atoms with Crippen LogP contribution in [0.5, 0.6) is 0 Å². The van der Waals surface area contributed by atoms with Gasteiger partial charge in [-0.1, -0.05) is 68.2 Å². The fourth-order valence-electron chi connectivity index (χ4n) is 2.28. The standard InChI is InChI=1S/C16H25NO2.3C2H6/c1-5-7-14(8-6-2)17-15-10-9-13(11-12(15)3)16(18)19-4;3*1-2/h9-11,14,17H,5-8H2,1-4H3;3*1-2H3. The largest absolute Gasteiger partial charge is 0.465 e. The molecule has 0 aromatic heterocycles. The van der Waals surface area contributed by atoms with Crippen LogP contribution in [0.3, 0.4) is 0 Å². The van der Waals surface area contributed by atoms with Gasteiger partial charge in [0.15, 0.2) is 0 Å². The molecule has 0 radical (unpaired) electrons. The van der Waals surface area contributed by atoms with Crippen LogP contribution >= 0.6 is 0 Å². The molecule has 1 aromatic rings. The fraction of sp³-hybridized carbons (Fsp3) is 0.682. The monoisotopic (exact) mass is 353 g/mol. The Labute approximate surface area is 157 Å². The number of carbonyl (C=O) groups is 1. The molecule has 3 heteroatoms. The van der Waals surface area contributed by atoms with Gasteiger partial charge in [0.1, 0.15) is 0 Å². The van der Waals surface area contributed by atoms with Crippen LogP contribution in [0.15, 0.2) is 18.2 Å². The van der Waals surface area contributed by atoms with E-state index in [1.807, 2.05) is 66.7 Å². The molecule has 0 spiro atoms. The van der Waals surface area contributed by atoms with Crippen molar-refractivity contribution < 1.29 is 9.53 Å². The summed E-state index contributed by atoms with van der Waals surface area (Å²) in [4.78, 5) is 11.5. The number of aryl methyl sites for hydroxylation is 1. The number of hydrogen-bond acceptors (Lipinski definition) is 3. The van der Waals surface area contributed by atoms with Crippen LogP contribution in [-0.4, -0.2) is 19.1 Å². The lowest BCUT2D eigenvalue weighted by Gasteiger charge is -2.20. The highest BCUT2D eigenvalue weighted by Gasteiger charge is 2.10. The molecule has 25 heavy (non-hydrogen) atoms. The van der Waals surface area contributed by atoms with Crippen molar-refractivity contribution in [3.05, 3.63) is 29.3 Å². The minimum Gasteiger partial charge on any atom is -0.465 e. The maximum absolute atomic E-state index is 11.5. The summed E-state index contributed by atoms with van der Waals surface area (Å²) in [6, 6.07) is 6.18. The smallest absolute Gasteiger partial charge is 0.337 e. The lowest BCUT2D eigenvalue weighted by Crippen LogP contribution is -2.19. The van der Waals surface area contributed by atoms with Crippen molar-refractivity contribution in [1.82, 2.24) is 0 Å². The van der Waals surface area contributed by atoms with Crippen molar-refractivity contribution >= 4 is 11.7 Å². The van der Waals surface area contributed by atoms with Gasteiger partial charge in [-0.15, -0.1) is 0 Å². The summed E-state index contributed by atoms with van der Waals surface area (Å²) in [5.74, 6) is -0.284. The second kappa shape index (κ2) is 20.5. The minimum atomic E-state index is -0.284. The lowest BCUT2D eigenvalue weighted by atomic mass is 10.0. The zero-order valence-corrected chi connectivity index (χ0v) is 18.5. The summed E-state index contributed by atoms with van der Waals surface area (Å²) in [5.41, 5.74) is 2.80. The first-order chi connectivity index (χ1) is 12.1. The van der Waals surface area contributed by atoms with Gasteiger partial charge >= 0.3 is 5.97 Å². The summed E-state index contributed by atoms with van der Waals surface area (Å²) < 4.78 is 4.73. The minimum absolute atomic E-state index is 0.284. The molecule has 0 saturated heterocycles. The van der Waals surface area contributed by atoms with Gasteiger partial charge in [0, 0.05) is 11.7 Å². The van der Waals surface area contributed by atoms with Gasteiger partial charge in [0.05, 0.1) is 12.7 Å². The molecule has 1 rings (SSSR count). The Bertz CT molecular complexity index is 410. The normalized spacial score (nSPS) is 8.76. The van der Waals surface area contributed by atoms with Gasteiger partial charge in [-0.2, -0.15) is 0 Å². The van der Waals surface area contributed by atoms with Crippen molar-refractivity contribution in [2.75, 3.05) is 12.4 Å². The van der Waals surface area contributed by atoms with Crippen LogP contribution in [0.2, 0.25) is 0 Å². The highest BCUT2D eigenvalue weighted by atomic mass is 16.5. The van der Waals surface area contributed by atoms with Gasteiger partial charge in [-0.05, 0) is 43.5 Å². The Morgan fingerprint density at radius 1 is 1.00 bits per heavy atom. The molecule has 0 saturated carbocycles. The molecule has 1 aromatic carbocycles. The third kappa shape index (κ3) is 12.5. The molecular formula is C22H43NO2. The Hall–Kier alpha value is -1.51. The first-order valence-corrected chi connectivity index (χ1v) is 10.1. The van der Waals surface area contributed by atoms with E-state index in [9.17, 15) is 4.79 Å². The number of rotatable bonds is 7. The van der Waals surface area contributed by atoms with Crippen molar-refractivity contribution in [3.63, 3.8) is 0 Å². The summed E-state index contributed by atoms with van der Waals surface area (Å²) >= 11 is 0. The first kappa shape index (κ1) is 28.3. The van der Waals surface area contributed by atoms with Crippen LogP contribution in [0.1, 0.15) is 97.0 Å². The number of hydrogen-bond donors (Lipinski definition) is 1. The van der Waals surface area contributed by atoms with E-state index in [2.05, 4.69) is 19.2 Å². The average Bonchev–Trinajstić information content (AvgIpc) is 2.68. The van der Waals surface area contributed by atoms with Crippen LogP contribution in [0, 0.1) is 6.92 Å². The second-order valence-electron chi connectivity index (χ2n) is 4.94. The van der Waals surface area contributed by atoms with Gasteiger partial charge in [-0.25, -0.2) is 4.79 Å². The maximum Gasteiger partial charge on any atom is 0.337 e. The van der Waals surface area contributed by atoms with E-state index in [0.29, 0.717) is 11.6 Å². The average molecular weight is 354 g/mol. The SMILES string of the molecule is CC.CC.CC.CCCC(CCC)Nc1ccc(C(=O)OC)cc1C. The number of benzene rings is 1. The third-order valence-electron chi connectivity index (χ3n) is 3.28. The van der Waals surface area contributed by atoms with E-state index in [1.54, 1.807) is 0 Å². The highest BCUT2D eigenvalue weighted by Crippen LogP contribution is 2.20. The molecular weight excluding hydrogens is 310 g/mol. The van der Waals surface area contributed by atoms with E-state index >= 15 is 0 Å². The molecule has 0 bridgehead atoms. The molecule has 0 fully saturated rings. The fourth-order valence-corrected chi connectivity index (χ4v) is 2.28. The zero-order chi connectivity index (χ0) is 20.3. The van der Waals surface area contributed by atoms with Crippen LogP contribution in [0.25, 0.3) is 0 Å². The second-order valence-corrected chi connectivity index (χ2v) is 4.94. The van der Waals surface area contributed by atoms with Crippen LogP contribution < -0.4 is 5.32 Å².